The van der Waals surface area contributed by atoms with Crippen LogP contribution in [0.25, 0.3) is 0 Å². The lowest BCUT2D eigenvalue weighted by Crippen LogP contribution is -2.52. The van der Waals surface area contributed by atoms with Crippen LogP contribution >= 0.6 is 0 Å². The number of nitrogens with one attached hydrogen (secondary N) is 2. The summed E-state index contributed by atoms with van der Waals surface area (Å²) in [6, 6.07) is 4.04. The number of piperidine rings is 1. The smallest absolute Gasteiger partial charge is 0.312 e. The summed E-state index contributed by atoms with van der Waals surface area (Å²) in [5, 5.41) is 4.73. The van der Waals surface area contributed by atoms with Gasteiger partial charge in [-0.05, 0) is 23.6 Å². The summed E-state index contributed by atoms with van der Waals surface area (Å²) in [4.78, 5) is 48.0. The minimum Gasteiger partial charge on any atom is -0.352 e. The Morgan fingerprint density at radius 3 is 2.83 bits per heavy atom. The predicted octanol–water partition coefficient (Wildman–Crippen LogP) is -0.384. The average molecular weight is 316 g/mol. The molecule has 1 aromatic carbocycles. The second kappa shape index (κ2) is 5.71. The van der Waals surface area contributed by atoms with Crippen molar-refractivity contribution < 1.29 is 19.2 Å². The van der Waals surface area contributed by atoms with Gasteiger partial charge < -0.3 is 16.0 Å². The number of fused-ring (bicyclic) bond motifs is 1. The van der Waals surface area contributed by atoms with Gasteiger partial charge in [0.05, 0.1) is 0 Å². The van der Waals surface area contributed by atoms with E-state index in [-0.39, 0.29) is 24.8 Å². The van der Waals surface area contributed by atoms with Crippen LogP contribution in [0.1, 0.15) is 34.3 Å². The first-order valence-electron chi connectivity index (χ1n) is 7.25. The molecule has 1 atom stereocenters. The van der Waals surface area contributed by atoms with Crippen molar-refractivity contribution in [3.05, 3.63) is 34.9 Å². The molecule has 1 aromatic rings. The molecule has 0 bridgehead atoms. The molecule has 1 unspecified atom stereocenters. The molecule has 2 aliphatic rings. The molecule has 1 saturated heterocycles. The van der Waals surface area contributed by atoms with Crippen molar-refractivity contribution in [2.24, 2.45) is 5.73 Å². The van der Waals surface area contributed by atoms with Crippen molar-refractivity contribution in [1.29, 1.82) is 0 Å². The van der Waals surface area contributed by atoms with Gasteiger partial charge >= 0.3 is 6.03 Å². The standard InChI is InChI=1S/C15H16N4O4/c16-15(23)17-6-8-1-2-9-7-19(14(22)10(9)5-8)11-3-4-12(20)18-13(11)21/h1-2,5,11H,3-4,6-7H2,(H3,16,17,23)(H,18,20,21). The van der Waals surface area contributed by atoms with E-state index in [4.69, 9.17) is 5.73 Å². The molecule has 0 aliphatic carbocycles. The van der Waals surface area contributed by atoms with Gasteiger partial charge in [0.2, 0.25) is 11.8 Å². The van der Waals surface area contributed by atoms with E-state index in [1.54, 1.807) is 18.2 Å². The summed E-state index contributed by atoms with van der Waals surface area (Å²) < 4.78 is 0. The van der Waals surface area contributed by atoms with Crippen molar-refractivity contribution in [2.45, 2.75) is 32.0 Å². The van der Waals surface area contributed by atoms with E-state index < -0.39 is 18.0 Å². The van der Waals surface area contributed by atoms with E-state index in [0.29, 0.717) is 18.5 Å². The van der Waals surface area contributed by atoms with E-state index >= 15 is 0 Å². The maximum Gasteiger partial charge on any atom is 0.312 e. The van der Waals surface area contributed by atoms with Gasteiger partial charge in [0.15, 0.2) is 0 Å². The lowest BCUT2D eigenvalue weighted by atomic mass is 10.0. The zero-order valence-electron chi connectivity index (χ0n) is 12.3. The normalized spacial score (nSPS) is 20.3. The molecule has 0 saturated carbocycles. The molecular weight excluding hydrogens is 300 g/mol. The number of rotatable bonds is 3. The van der Waals surface area contributed by atoms with Crippen LogP contribution in [0.2, 0.25) is 0 Å². The summed E-state index contributed by atoms with van der Waals surface area (Å²) in [7, 11) is 0. The fourth-order valence-corrected chi connectivity index (χ4v) is 2.90. The number of primary amides is 1. The molecule has 0 spiro atoms. The van der Waals surface area contributed by atoms with Crippen LogP contribution in [-0.4, -0.2) is 34.7 Å². The third-order valence-corrected chi connectivity index (χ3v) is 4.06. The first kappa shape index (κ1) is 15.0. The maximum absolute atomic E-state index is 12.6. The molecule has 2 heterocycles. The quantitative estimate of drug-likeness (QED) is 0.658. The largest absolute Gasteiger partial charge is 0.352 e. The number of urea groups is 1. The van der Waals surface area contributed by atoms with E-state index in [0.717, 1.165) is 11.1 Å². The number of benzene rings is 1. The average Bonchev–Trinajstić information content (AvgIpc) is 2.82. The Balaban J connectivity index is 1.78. The Hall–Kier alpha value is -2.90. The summed E-state index contributed by atoms with van der Waals surface area (Å²) in [6.07, 6.45) is 0.560. The highest BCUT2D eigenvalue weighted by atomic mass is 16.2. The summed E-state index contributed by atoms with van der Waals surface area (Å²) in [5.41, 5.74) is 7.11. The SMILES string of the molecule is NC(=O)NCc1ccc2c(c1)C(=O)N(C1CCC(=O)NC1=O)C2. The first-order chi connectivity index (χ1) is 11.0. The second-order valence-electron chi connectivity index (χ2n) is 5.61. The molecule has 8 nitrogen and oxygen atoms in total. The van der Waals surface area contributed by atoms with Crippen LogP contribution in [0.4, 0.5) is 4.79 Å². The van der Waals surface area contributed by atoms with E-state index in [9.17, 15) is 19.2 Å². The Morgan fingerprint density at radius 1 is 1.35 bits per heavy atom. The molecule has 0 radical (unpaired) electrons. The highest BCUT2D eigenvalue weighted by Gasteiger charge is 2.38. The molecule has 120 valence electrons. The minimum absolute atomic E-state index is 0.227. The van der Waals surface area contributed by atoms with Crippen LogP contribution in [-0.2, 0) is 22.7 Å². The topological polar surface area (TPSA) is 122 Å². The van der Waals surface area contributed by atoms with Crippen molar-refractivity contribution in [1.82, 2.24) is 15.5 Å². The monoisotopic (exact) mass is 316 g/mol. The molecule has 1 fully saturated rings. The highest BCUT2D eigenvalue weighted by molar-refractivity contribution is 6.05. The molecule has 4 N–H and O–H groups in total. The molecule has 8 heteroatoms. The second-order valence-corrected chi connectivity index (χ2v) is 5.61. The van der Waals surface area contributed by atoms with Gasteiger partial charge in [-0.1, -0.05) is 12.1 Å². The fourth-order valence-electron chi connectivity index (χ4n) is 2.90. The van der Waals surface area contributed by atoms with Crippen LogP contribution in [0.3, 0.4) is 0 Å². The van der Waals surface area contributed by atoms with E-state index in [2.05, 4.69) is 10.6 Å². The maximum atomic E-state index is 12.6. The zero-order valence-corrected chi connectivity index (χ0v) is 12.3. The highest BCUT2D eigenvalue weighted by Crippen LogP contribution is 2.28. The number of carbonyl (C=O) groups is 4. The number of nitrogens with zero attached hydrogens (tertiary/aromatic N) is 1. The third-order valence-electron chi connectivity index (χ3n) is 4.06. The number of nitrogens with two attached hydrogens (primary N) is 1. The molecule has 3 rings (SSSR count). The van der Waals surface area contributed by atoms with Gasteiger partial charge in [0, 0.05) is 25.1 Å². The van der Waals surface area contributed by atoms with Crippen molar-refractivity contribution in [2.75, 3.05) is 0 Å². The van der Waals surface area contributed by atoms with Crippen molar-refractivity contribution in [3.8, 4) is 0 Å². The number of hydrogen-bond acceptors (Lipinski definition) is 4. The molecular formula is C15H16N4O4. The molecule has 23 heavy (non-hydrogen) atoms. The third kappa shape index (κ3) is 2.87. The summed E-state index contributed by atoms with van der Waals surface area (Å²) >= 11 is 0. The summed E-state index contributed by atoms with van der Waals surface area (Å²) in [5.74, 6) is -0.983. The van der Waals surface area contributed by atoms with Crippen molar-refractivity contribution in [3.63, 3.8) is 0 Å². The fraction of sp³-hybridized carbons (Fsp3) is 0.333. The van der Waals surface area contributed by atoms with Crippen LogP contribution in [0, 0.1) is 0 Å². The number of hydrogen-bond donors (Lipinski definition) is 3. The van der Waals surface area contributed by atoms with Crippen molar-refractivity contribution >= 4 is 23.8 Å². The Kier molecular flexibility index (Phi) is 3.73. The lowest BCUT2D eigenvalue weighted by Gasteiger charge is -2.29. The number of imide groups is 1. The molecule has 0 aromatic heterocycles. The molecule has 2 aliphatic heterocycles. The van der Waals surface area contributed by atoms with Crippen LogP contribution in [0.15, 0.2) is 18.2 Å². The summed E-state index contributed by atoms with van der Waals surface area (Å²) in [6.45, 7) is 0.568. The van der Waals surface area contributed by atoms with Gasteiger partial charge in [-0.2, -0.15) is 0 Å². The Bertz CT molecular complexity index is 715. The zero-order chi connectivity index (χ0) is 16.6. The van der Waals surface area contributed by atoms with Gasteiger partial charge in [-0.15, -0.1) is 0 Å². The number of amides is 5. The first-order valence-corrected chi connectivity index (χ1v) is 7.25. The van der Waals surface area contributed by atoms with E-state index in [1.165, 1.54) is 4.90 Å². The Labute approximate surface area is 132 Å². The van der Waals surface area contributed by atoms with Gasteiger partial charge in [0.25, 0.3) is 5.91 Å². The van der Waals surface area contributed by atoms with Crippen LogP contribution < -0.4 is 16.4 Å². The molecule has 5 amide bonds. The van der Waals surface area contributed by atoms with Gasteiger partial charge in [0.1, 0.15) is 6.04 Å². The predicted molar refractivity (Wildman–Crippen MR) is 78.9 cm³/mol. The van der Waals surface area contributed by atoms with Gasteiger partial charge in [-0.25, -0.2) is 4.79 Å². The lowest BCUT2D eigenvalue weighted by molar-refractivity contribution is -0.136. The Morgan fingerprint density at radius 2 is 2.13 bits per heavy atom. The minimum atomic E-state index is -0.637. The number of carbonyl (C=O) groups excluding carboxylic acids is 4. The van der Waals surface area contributed by atoms with E-state index in [1.807, 2.05) is 0 Å². The van der Waals surface area contributed by atoms with Gasteiger partial charge in [-0.3, -0.25) is 19.7 Å². The van der Waals surface area contributed by atoms with Crippen LogP contribution in [0.5, 0.6) is 0 Å².